The number of nitrogens with one attached hydrogen (secondary N) is 1. The van der Waals surface area contributed by atoms with Gasteiger partial charge in [-0.25, -0.2) is 13.4 Å². The van der Waals surface area contributed by atoms with Crippen molar-refractivity contribution in [2.45, 2.75) is 18.7 Å². The standard InChI is InChI=1S/C20H16ClN3O3S/c1-13-5-6-16(21)11-19(13)28(25,26)24-18-8-7-17(10-14(18)2)27-20-15(12-22)4-3-9-23-20/h3-11,24H,1-2H3. The van der Waals surface area contributed by atoms with E-state index in [9.17, 15) is 8.42 Å². The summed E-state index contributed by atoms with van der Waals surface area (Å²) in [6.07, 6.45) is 1.53. The molecule has 0 saturated heterocycles. The van der Waals surface area contributed by atoms with Gasteiger partial charge in [0.1, 0.15) is 17.4 Å². The van der Waals surface area contributed by atoms with Crippen LogP contribution < -0.4 is 9.46 Å². The summed E-state index contributed by atoms with van der Waals surface area (Å²) in [4.78, 5) is 4.16. The van der Waals surface area contributed by atoms with Crippen LogP contribution in [0.1, 0.15) is 16.7 Å². The van der Waals surface area contributed by atoms with Gasteiger partial charge in [0, 0.05) is 11.2 Å². The quantitative estimate of drug-likeness (QED) is 0.647. The number of aromatic nitrogens is 1. The summed E-state index contributed by atoms with van der Waals surface area (Å²) in [6.45, 7) is 3.45. The Balaban J connectivity index is 1.87. The molecule has 0 spiro atoms. The van der Waals surface area contributed by atoms with Crippen LogP contribution in [-0.4, -0.2) is 13.4 Å². The molecule has 0 saturated carbocycles. The molecule has 8 heteroatoms. The Morgan fingerprint density at radius 3 is 2.61 bits per heavy atom. The van der Waals surface area contributed by atoms with Crippen LogP contribution in [0, 0.1) is 25.2 Å². The normalized spacial score (nSPS) is 10.9. The Bertz CT molecular complexity index is 1190. The Hall–Kier alpha value is -3.08. The number of hydrogen-bond acceptors (Lipinski definition) is 5. The van der Waals surface area contributed by atoms with E-state index in [-0.39, 0.29) is 10.8 Å². The van der Waals surface area contributed by atoms with Crippen molar-refractivity contribution in [2.24, 2.45) is 0 Å². The molecule has 0 bridgehead atoms. The van der Waals surface area contributed by atoms with Gasteiger partial charge in [-0.3, -0.25) is 4.72 Å². The highest BCUT2D eigenvalue weighted by Crippen LogP contribution is 2.29. The summed E-state index contributed by atoms with van der Waals surface area (Å²) in [7, 11) is -3.80. The van der Waals surface area contributed by atoms with Crippen LogP contribution in [0.2, 0.25) is 5.02 Å². The minimum atomic E-state index is -3.80. The van der Waals surface area contributed by atoms with E-state index >= 15 is 0 Å². The molecule has 1 aromatic heterocycles. The third-order valence-corrected chi connectivity index (χ3v) is 5.73. The molecule has 0 aliphatic rings. The predicted molar refractivity (Wildman–Crippen MR) is 107 cm³/mol. The van der Waals surface area contributed by atoms with Gasteiger partial charge in [-0.2, -0.15) is 5.26 Å². The number of aryl methyl sites for hydroxylation is 2. The number of halogens is 1. The molecule has 0 aliphatic carbocycles. The maximum atomic E-state index is 12.7. The van der Waals surface area contributed by atoms with E-state index in [1.807, 2.05) is 6.07 Å². The molecule has 142 valence electrons. The first kappa shape index (κ1) is 19.7. The molecule has 3 rings (SSSR count). The van der Waals surface area contributed by atoms with Crippen LogP contribution in [-0.2, 0) is 10.0 Å². The second-order valence-electron chi connectivity index (χ2n) is 6.06. The first-order valence-corrected chi connectivity index (χ1v) is 10.1. The molecule has 28 heavy (non-hydrogen) atoms. The lowest BCUT2D eigenvalue weighted by Crippen LogP contribution is -2.15. The van der Waals surface area contributed by atoms with Gasteiger partial charge in [0.15, 0.2) is 0 Å². The third kappa shape index (κ3) is 4.25. The van der Waals surface area contributed by atoms with Crippen molar-refractivity contribution in [1.29, 1.82) is 5.26 Å². The number of anilines is 1. The molecular formula is C20H16ClN3O3S. The Kier molecular flexibility index (Phi) is 5.54. The molecule has 6 nitrogen and oxygen atoms in total. The SMILES string of the molecule is Cc1cc(Oc2ncccc2C#N)ccc1NS(=O)(=O)c1cc(Cl)ccc1C. The van der Waals surface area contributed by atoms with Crippen LogP contribution in [0.25, 0.3) is 0 Å². The van der Waals surface area contributed by atoms with Gasteiger partial charge < -0.3 is 4.74 Å². The Morgan fingerprint density at radius 1 is 1.11 bits per heavy atom. The van der Waals surface area contributed by atoms with E-state index < -0.39 is 10.0 Å². The summed E-state index contributed by atoms with van der Waals surface area (Å²) in [5.41, 5.74) is 1.96. The number of hydrogen-bond donors (Lipinski definition) is 1. The minimum Gasteiger partial charge on any atom is -0.438 e. The zero-order chi connectivity index (χ0) is 20.3. The first-order valence-electron chi connectivity index (χ1n) is 8.23. The highest BCUT2D eigenvalue weighted by molar-refractivity contribution is 7.92. The maximum absolute atomic E-state index is 12.7. The summed E-state index contributed by atoms with van der Waals surface area (Å²) in [6, 6.07) is 14.8. The number of ether oxygens (including phenoxy) is 1. The molecule has 1 heterocycles. The Labute approximate surface area is 168 Å². The minimum absolute atomic E-state index is 0.117. The monoisotopic (exact) mass is 413 g/mol. The van der Waals surface area contributed by atoms with Crippen LogP contribution in [0.3, 0.4) is 0 Å². The Morgan fingerprint density at radius 2 is 1.89 bits per heavy atom. The van der Waals surface area contributed by atoms with Gasteiger partial charge >= 0.3 is 0 Å². The van der Waals surface area contributed by atoms with Gasteiger partial charge in [-0.05, 0) is 67.4 Å². The number of nitrogens with zero attached hydrogens (tertiary/aromatic N) is 2. The molecule has 0 aliphatic heterocycles. The zero-order valence-corrected chi connectivity index (χ0v) is 16.7. The number of rotatable bonds is 5. The average molecular weight is 414 g/mol. The summed E-state index contributed by atoms with van der Waals surface area (Å²) in [5, 5.41) is 9.46. The molecular weight excluding hydrogens is 398 g/mol. The average Bonchev–Trinajstić information content (AvgIpc) is 2.66. The smallest absolute Gasteiger partial charge is 0.262 e. The number of pyridine rings is 1. The molecule has 0 radical (unpaired) electrons. The highest BCUT2D eigenvalue weighted by Gasteiger charge is 2.18. The lowest BCUT2D eigenvalue weighted by Gasteiger charge is -2.14. The molecule has 3 aromatic rings. The van der Waals surface area contributed by atoms with E-state index in [0.29, 0.717) is 33.1 Å². The lowest BCUT2D eigenvalue weighted by atomic mass is 10.2. The zero-order valence-electron chi connectivity index (χ0n) is 15.1. The number of benzene rings is 2. The molecule has 0 atom stereocenters. The largest absolute Gasteiger partial charge is 0.438 e. The second kappa shape index (κ2) is 7.89. The summed E-state index contributed by atoms with van der Waals surface area (Å²) < 4.78 is 33.7. The van der Waals surface area contributed by atoms with Crippen molar-refractivity contribution in [1.82, 2.24) is 4.98 Å². The fraction of sp³-hybridized carbons (Fsp3) is 0.100. The summed E-state index contributed by atoms with van der Waals surface area (Å²) in [5.74, 6) is 0.627. The van der Waals surface area contributed by atoms with E-state index in [0.717, 1.165) is 0 Å². The van der Waals surface area contributed by atoms with Crippen molar-refractivity contribution in [2.75, 3.05) is 4.72 Å². The maximum Gasteiger partial charge on any atom is 0.262 e. The number of nitriles is 1. The van der Waals surface area contributed by atoms with E-state index in [1.54, 1.807) is 56.3 Å². The topological polar surface area (TPSA) is 92.1 Å². The van der Waals surface area contributed by atoms with Gasteiger partial charge in [0.2, 0.25) is 5.88 Å². The predicted octanol–water partition coefficient (Wildman–Crippen LogP) is 4.82. The molecule has 1 N–H and O–H groups in total. The van der Waals surface area contributed by atoms with Crippen LogP contribution in [0.15, 0.2) is 59.6 Å². The van der Waals surface area contributed by atoms with Crippen molar-refractivity contribution in [3.63, 3.8) is 0 Å². The molecule has 0 amide bonds. The van der Waals surface area contributed by atoms with Gasteiger partial charge in [-0.15, -0.1) is 0 Å². The van der Waals surface area contributed by atoms with E-state index in [4.69, 9.17) is 21.6 Å². The lowest BCUT2D eigenvalue weighted by molar-refractivity contribution is 0.461. The molecule has 0 fully saturated rings. The van der Waals surface area contributed by atoms with E-state index in [2.05, 4.69) is 9.71 Å². The highest BCUT2D eigenvalue weighted by atomic mass is 35.5. The van der Waals surface area contributed by atoms with Crippen LogP contribution in [0.4, 0.5) is 5.69 Å². The van der Waals surface area contributed by atoms with Crippen LogP contribution in [0.5, 0.6) is 11.6 Å². The van der Waals surface area contributed by atoms with Crippen molar-refractivity contribution < 1.29 is 13.2 Å². The van der Waals surface area contributed by atoms with Crippen molar-refractivity contribution >= 4 is 27.3 Å². The van der Waals surface area contributed by atoms with Crippen molar-refractivity contribution in [3.8, 4) is 17.7 Å². The fourth-order valence-corrected chi connectivity index (χ4v) is 4.19. The molecule has 0 unspecified atom stereocenters. The van der Waals surface area contributed by atoms with Crippen molar-refractivity contribution in [3.05, 3.63) is 76.4 Å². The second-order valence-corrected chi connectivity index (χ2v) is 8.15. The number of sulfonamides is 1. The van der Waals surface area contributed by atoms with Gasteiger partial charge in [0.05, 0.1) is 10.6 Å². The van der Waals surface area contributed by atoms with Crippen LogP contribution >= 0.6 is 11.6 Å². The van der Waals surface area contributed by atoms with E-state index in [1.165, 1.54) is 12.3 Å². The summed E-state index contributed by atoms with van der Waals surface area (Å²) >= 11 is 5.94. The fourth-order valence-electron chi connectivity index (χ4n) is 2.55. The van der Waals surface area contributed by atoms with Gasteiger partial charge in [0.25, 0.3) is 10.0 Å². The first-order chi connectivity index (χ1) is 13.3. The van der Waals surface area contributed by atoms with Gasteiger partial charge in [-0.1, -0.05) is 17.7 Å². The molecule has 2 aromatic carbocycles. The third-order valence-electron chi connectivity index (χ3n) is 3.99.